The Balaban J connectivity index is 1.58. The average Bonchev–Trinajstić information content (AvgIpc) is 3.02. The van der Waals surface area contributed by atoms with Crippen LogP contribution < -0.4 is 21.7 Å². The van der Waals surface area contributed by atoms with Crippen LogP contribution in [0, 0.1) is 6.92 Å². The first-order valence-electron chi connectivity index (χ1n) is 9.38. The predicted octanol–water partition coefficient (Wildman–Crippen LogP) is 2.17. The van der Waals surface area contributed by atoms with Crippen LogP contribution in [-0.4, -0.2) is 29.8 Å². The zero-order chi connectivity index (χ0) is 20.8. The molecule has 0 bridgehead atoms. The van der Waals surface area contributed by atoms with Gasteiger partial charge in [-0.25, -0.2) is 4.99 Å². The number of anilines is 2. The molecule has 150 valence electrons. The highest BCUT2D eigenvalue weighted by Gasteiger charge is 2.28. The van der Waals surface area contributed by atoms with E-state index in [9.17, 15) is 9.59 Å². The van der Waals surface area contributed by atoms with Gasteiger partial charge in [0.15, 0.2) is 0 Å². The number of carbonyl (C=O) groups excluding carboxylic acids is 2. The summed E-state index contributed by atoms with van der Waals surface area (Å²) in [6.45, 7) is 4.05. The molecule has 0 spiro atoms. The first-order valence-corrected chi connectivity index (χ1v) is 9.38. The number of hydrogen-bond acceptors (Lipinski definition) is 4. The molecule has 2 aromatic rings. The van der Waals surface area contributed by atoms with E-state index in [-0.39, 0.29) is 30.2 Å². The minimum atomic E-state index is -0.837. The maximum absolute atomic E-state index is 12.2. The molecule has 8 nitrogen and oxygen atoms in total. The van der Waals surface area contributed by atoms with Crippen LogP contribution in [-0.2, 0) is 16.0 Å². The molecule has 0 fully saturated rings. The van der Waals surface area contributed by atoms with Crippen molar-refractivity contribution in [3.8, 4) is 0 Å². The summed E-state index contributed by atoms with van der Waals surface area (Å²) in [7, 11) is 0. The summed E-state index contributed by atoms with van der Waals surface area (Å²) >= 11 is 0. The zero-order valence-electron chi connectivity index (χ0n) is 16.4. The number of guanidine groups is 2. The molecule has 0 aromatic heterocycles. The number of carbonyl (C=O) groups is 2. The van der Waals surface area contributed by atoms with Gasteiger partial charge in [0.1, 0.15) is 6.04 Å². The van der Waals surface area contributed by atoms with Crippen molar-refractivity contribution in [2.24, 2.45) is 15.7 Å². The Kier molecular flexibility index (Phi) is 6.23. The third-order valence-electron chi connectivity index (χ3n) is 4.39. The fraction of sp³-hybridized carbons (Fsp3) is 0.238. The molecule has 1 aliphatic heterocycles. The number of aryl methyl sites for hydroxylation is 2. The van der Waals surface area contributed by atoms with E-state index in [0.717, 1.165) is 17.7 Å². The second-order valence-corrected chi connectivity index (χ2v) is 6.75. The Morgan fingerprint density at radius 1 is 1.10 bits per heavy atom. The predicted molar refractivity (Wildman–Crippen MR) is 115 cm³/mol. The van der Waals surface area contributed by atoms with Gasteiger partial charge in [0.25, 0.3) is 5.91 Å². The molecule has 0 saturated heterocycles. The van der Waals surface area contributed by atoms with Crippen LogP contribution in [0.15, 0.2) is 58.5 Å². The van der Waals surface area contributed by atoms with Crippen LogP contribution >= 0.6 is 0 Å². The minimum Gasteiger partial charge on any atom is -0.369 e. The molecule has 0 aliphatic carbocycles. The van der Waals surface area contributed by atoms with Crippen molar-refractivity contribution in [3.63, 3.8) is 0 Å². The fourth-order valence-electron chi connectivity index (χ4n) is 2.77. The molecule has 1 heterocycles. The Bertz CT molecular complexity index is 948. The number of amides is 2. The van der Waals surface area contributed by atoms with E-state index in [0.29, 0.717) is 5.69 Å². The molecule has 1 atom stereocenters. The standard InChI is InChI=1S/C21H24N6O2/c1-3-14-6-10-15(11-7-14)23-18(28)12-17-19(29)26-21(25-17)27-20(22)24-16-8-4-13(2)5-9-16/h4-11,17H,3,12H2,1-2H3,(H,23,28)(H4,22,24,25,26,27,29)/t17-/m0/s1. The van der Waals surface area contributed by atoms with E-state index in [2.05, 4.69) is 32.9 Å². The first-order chi connectivity index (χ1) is 13.9. The summed E-state index contributed by atoms with van der Waals surface area (Å²) in [4.78, 5) is 32.6. The van der Waals surface area contributed by atoms with Gasteiger partial charge in [0.2, 0.25) is 17.8 Å². The summed E-state index contributed by atoms with van der Waals surface area (Å²) in [5.74, 6) is -0.510. The van der Waals surface area contributed by atoms with Crippen LogP contribution in [0.25, 0.3) is 0 Å². The van der Waals surface area contributed by atoms with Crippen molar-refractivity contribution >= 4 is 35.1 Å². The number of hydrogen-bond donors (Lipinski definition) is 4. The molecule has 2 aromatic carbocycles. The van der Waals surface area contributed by atoms with Crippen LogP contribution in [0.3, 0.4) is 0 Å². The third kappa shape index (κ3) is 5.65. The van der Waals surface area contributed by atoms with E-state index in [1.807, 2.05) is 55.5 Å². The number of aliphatic imine (C=N–C) groups is 2. The van der Waals surface area contributed by atoms with Crippen molar-refractivity contribution in [1.29, 1.82) is 0 Å². The van der Waals surface area contributed by atoms with Gasteiger partial charge in [0.05, 0.1) is 6.42 Å². The van der Waals surface area contributed by atoms with Gasteiger partial charge in [0, 0.05) is 11.4 Å². The molecule has 29 heavy (non-hydrogen) atoms. The zero-order valence-corrected chi connectivity index (χ0v) is 16.4. The summed E-state index contributed by atoms with van der Waals surface area (Å²) in [5.41, 5.74) is 9.63. The highest BCUT2D eigenvalue weighted by Crippen LogP contribution is 2.13. The van der Waals surface area contributed by atoms with E-state index >= 15 is 0 Å². The quantitative estimate of drug-likeness (QED) is 0.460. The van der Waals surface area contributed by atoms with E-state index in [1.54, 1.807) is 0 Å². The average molecular weight is 392 g/mol. The second-order valence-electron chi connectivity index (χ2n) is 6.75. The van der Waals surface area contributed by atoms with Gasteiger partial charge in [-0.3, -0.25) is 14.9 Å². The van der Waals surface area contributed by atoms with Gasteiger partial charge in [-0.15, -0.1) is 0 Å². The van der Waals surface area contributed by atoms with E-state index in [4.69, 9.17) is 5.73 Å². The SMILES string of the molecule is CCc1ccc(NC(=O)C[C@@H]2N=C(N=C(N)Nc3ccc(C)cc3)NC2=O)cc1. The van der Waals surface area contributed by atoms with Crippen LogP contribution in [0.1, 0.15) is 24.5 Å². The Morgan fingerprint density at radius 3 is 2.38 bits per heavy atom. The van der Waals surface area contributed by atoms with Gasteiger partial charge in [-0.1, -0.05) is 36.8 Å². The Hall–Kier alpha value is -3.68. The lowest BCUT2D eigenvalue weighted by Crippen LogP contribution is -2.32. The first kappa shape index (κ1) is 20.1. The number of nitrogens with one attached hydrogen (secondary N) is 3. The summed E-state index contributed by atoms with van der Waals surface area (Å²) in [6.07, 6.45) is 0.849. The molecule has 3 rings (SSSR count). The maximum Gasteiger partial charge on any atom is 0.252 e. The molecule has 2 amide bonds. The second kappa shape index (κ2) is 9.01. The summed E-state index contributed by atoms with van der Waals surface area (Å²) in [6, 6.07) is 14.4. The van der Waals surface area contributed by atoms with Crippen molar-refractivity contribution in [2.45, 2.75) is 32.7 Å². The highest BCUT2D eigenvalue weighted by molar-refractivity contribution is 6.11. The van der Waals surface area contributed by atoms with Gasteiger partial charge < -0.3 is 16.4 Å². The van der Waals surface area contributed by atoms with E-state index in [1.165, 1.54) is 5.56 Å². The third-order valence-corrected chi connectivity index (χ3v) is 4.39. The lowest BCUT2D eigenvalue weighted by atomic mass is 10.1. The van der Waals surface area contributed by atoms with Crippen molar-refractivity contribution in [1.82, 2.24) is 5.32 Å². The number of nitrogens with zero attached hydrogens (tertiary/aromatic N) is 2. The molecule has 0 unspecified atom stereocenters. The molecule has 0 radical (unpaired) electrons. The van der Waals surface area contributed by atoms with E-state index < -0.39 is 6.04 Å². The molecular formula is C21H24N6O2. The molecule has 0 saturated carbocycles. The molecular weight excluding hydrogens is 368 g/mol. The lowest BCUT2D eigenvalue weighted by molar-refractivity contribution is -0.123. The normalized spacial score (nSPS) is 16.2. The van der Waals surface area contributed by atoms with Gasteiger partial charge in [-0.2, -0.15) is 4.99 Å². The van der Waals surface area contributed by atoms with Crippen molar-refractivity contribution in [2.75, 3.05) is 10.6 Å². The molecule has 1 aliphatic rings. The van der Waals surface area contributed by atoms with Crippen LogP contribution in [0.2, 0.25) is 0 Å². The highest BCUT2D eigenvalue weighted by atomic mass is 16.2. The van der Waals surface area contributed by atoms with Crippen molar-refractivity contribution in [3.05, 3.63) is 59.7 Å². The van der Waals surface area contributed by atoms with Gasteiger partial charge >= 0.3 is 0 Å². The Labute approximate surface area is 169 Å². The topological polar surface area (TPSA) is 121 Å². The van der Waals surface area contributed by atoms with Crippen LogP contribution in [0.5, 0.6) is 0 Å². The van der Waals surface area contributed by atoms with Crippen molar-refractivity contribution < 1.29 is 9.59 Å². The minimum absolute atomic E-state index is 0.0777. The smallest absolute Gasteiger partial charge is 0.252 e. The fourth-order valence-corrected chi connectivity index (χ4v) is 2.77. The van der Waals surface area contributed by atoms with Crippen LogP contribution in [0.4, 0.5) is 11.4 Å². The summed E-state index contributed by atoms with van der Waals surface area (Å²) in [5, 5.41) is 8.23. The largest absolute Gasteiger partial charge is 0.369 e. The number of benzene rings is 2. The maximum atomic E-state index is 12.2. The lowest BCUT2D eigenvalue weighted by Gasteiger charge is -2.07. The number of rotatable bonds is 5. The van der Waals surface area contributed by atoms with Gasteiger partial charge in [-0.05, 0) is 43.2 Å². The molecule has 5 N–H and O–H groups in total. The number of nitrogens with two attached hydrogens (primary N) is 1. The Morgan fingerprint density at radius 2 is 1.72 bits per heavy atom. The summed E-state index contributed by atoms with van der Waals surface area (Å²) < 4.78 is 0. The molecule has 8 heteroatoms. The monoisotopic (exact) mass is 392 g/mol.